The minimum atomic E-state index is 0.680. The van der Waals surface area contributed by atoms with Gasteiger partial charge in [0.05, 0.1) is 6.61 Å². The first-order valence-electron chi connectivity index (χ1n) is 8.37. The third kappa shape index (κ3) is 5.77. The van der Waals surface area contributed by atoms with Crippen LogP contribution in [0.3, 0.4) is 0 Å². The van der Waals surface area contributed by atoms with Crippen molar-refractivity contribution >= 4 is 0 Å². The van der Waals surface area contributed by atoms with Crippen molar-refractivity contribution in [2.45, 2.75) is 32.7 Å². The van der Waals surface area contributed by atoms with Crippen molar-refractivity contribution in [3.63, 3.8) is 0 Å². The van der Waals surface area contributed by atoms with Crippen LogP contribution in [0.25, 0.3) is 0 Å². The normalized spacial score (nSPS) is 18.8. The van der Waals surface area contributed by atoms with Crippen molar-refractivity contribution in [1.29, 1.82) is 0 Å². The third-order valence-corrected chi connectivity index (χ3v) is 4.48. The summed E-state index contributed by atoms with van der Waals surface area (Å²) in [5.41, 5.74) is 1.46. The Kier molecular flexibility index (Phi) is 7.20. The van der Waals surface area contributed by atoms with Gasteiger partial charge >= 0.3 is 0 Å². The van der Waals surface area contributed by atoms with Crippen molar-refractivity contribution in [1.82, 2.24) is 9.80 Å². The molecule has 1 aliphatic heterocycles. The van der Waals surface area contributed by atoms with Gasteiger partial charge in [0.2, 0.25) is 0 Å². The Labute approximate surface area is 129 Å². The molecule has 0 spiro atoms. The molecule has 0 amide bonds. The van der Waals surface area contributed by atoms with Gasteiger partial charge in [0, 0.05) is 45.4 Å². The Balaban J connectivity index is 1.64. The standard InChI is InChI=1S/C18H30N2O/c1-3-21-16-15-19-11-13-20(14-12-19)17(2)9-10-18-7-5-4-6-8-18/h4-8,17H,3,9-16H2,1-2H3/t17-/m0/s1. The zero-order valence-electron chi connectivity index (χ0n) is 13.6. The number of rotatable bonds is 8. The maximum Gasteiger partial charge on any atom is 0.0593 e. The minimum absolute atomic E-state index is 0.680. The molecular formula is C18H30N2O. The van der Waals surface area contributed by atoms with Crippen LogP contribution in [0.4, 0.5) is 0 Å². The summed E-state index contributed by atoms with van der Waals surface area (Å²) in [5, 5.41) is 0. The summed E-state index contributed by atoms with van der Waals surface area (Å²) in [6.45, 7) is 12.0. The van der Waals surface area contributed by atoms with Crippen LogP contribution in [0.15, 0.2) is 30.3 Å². The average Bonchev–Trinajstić information content (AvgIpc) is 2.54. The SMILES string of the molecule is CCOCCN1CCN([C@@H](C)CCc2ccccc2)CC1. The molecule has 118 valence electrons. The van der Waals surface area contributed by atoms with Crippen molar-refractivity contribution in [3.8, 4) is 0 Å². The van der Waals surface area contributed by atoms with Crippen molar-refractivity contribution in [2.75, 3.05) is 45.9 Å². The molecule has 1 aliphatic rings. The van der Waals surface area contributed by atoms with E-state index in [1.54, 1.807) is 0 Å². The molecule has 0 unspecified atom stereocenters. The van der Waals surface area contributed by atoms with Gasteiger partial charge in [0.25, 0.3) is 0 Å². The summed E-state index contributed by atoms with van der Waals surface area (Å²) in [4.78, 5) is 5.16. The zero-order valence-corrected chi connectivity index (χ0v) is 13.6. The predicted octanol–water partition coefficient (Wildman–Crippen LogP) is 2.66. The second kappa shape index (κ2) is 9.19. The smallest absolute Gasteiger partial charge is 0.0593 e. The van der Waals surface area contributed by atoms with Gasteiger partial charge in [-0.05, 0) is 32.3 Å². The number of aryl methyl sites for hydroxylation is 1. The van der Waals surface area contributed by atoms with Crippen molar-refractivity contribution < 1.29 is 4.74 Å². The number of ether oxygens (including phenoxy) is 1. The summed E-state index contributed by atoms with van der Waals surface area (Å²) in [6, 6.07) is 11.5. The highest BCUT2D eigenvalue weighted by molar-refractivity contribution is 5.14. The maximum atomic E-state index is 5.44. The van der Waals surface area contributed by atoms with Gasteiger partial charge in [-0.3, -0.25) is 9.80 Å². The molecule has 0 bridgehead atoms. The van der Waals surface area contributed by atoms with E-state index < -0.39 is 0 Å². The van der Waals surface area contributed by atoms with Crippen LogP contribution in [-0.4, -0.2) is 61.8 Å². The number of hydrogen-bond donors (Lipinski definition) is 0. The number of benzene rings is 1. The molecule has 1 aromatic rings. The molecule has 0 aromatic heterocycles. The predicted molar refractivity (Wildman–Crippen MR) is 88.7 cm³/mol. The lowest BCUT2D eigenvalue weighted by Gasteiger charge is -2.38. The quantitative estimate of drug-likeness (QED) is 0.685. The summed E-state index contributed by atoms with van der Waals surface area (Å²) < 4.78 is 5.44. The molecule has 0 saturated carbocycles. The first-order valence-corrected chi connectivity index (χ1v) is 8.37. The van der Waals surface area contributed by atoms with Crippen LogP contribution in [0, 0.1) is 0 Å². The molecule has 1 fully saturated rings. The van der Waals surface area contributed by atoms with Crippen molar-refractivity contribution in [3.05, 3.63) is 35.9 Å². The molecule has 1 heterocycles. The van der Waals surface area contributed by atoms with Gasteiger partial charge in [-0.25, -0.2) is 0 Å². The van der Waals surface area contributed by atoms with Gasteiger partial charge in [-0.2, -0.15) is 0 Å². The molecule has 21 heavy (non-hydrogen) atoms. The van der Waals surface area contributed by atoms with E-state index in [9.17, 15) is 0 Å². The van der Waals surface area contributed by atoms with Gasteiger partial charge in [-0.15, -0.1) is 0 Å². The number of nitrogens with zero attached hydrogens (tertiary/aromatic N) is 2. The molecule has 0 aliphatic carbocycles. The van der Waals surface area contributed by atoms with E-state index in [0.717, 1.165) is 19.8 Å². The lowest BCUT2D eigenvalue weighted by atomic mass is 10.0. The van der Waals surface area contributed by atoms with E-state index in [1.807, 2.05) is 0 Å². The van der Waals surface area contributed by atoms with Gasteiger partial charge in [0.1, 0.15) is 0 Å². The first kappa shape index (κ1) is 16.5. The van der Waals surface area contributed by atoms with E-state index in [0.29, 0.717) is 6.04 Å². The number of piperazine rings is 1. The first-order chi connectivity index (χ1) is 10.3. The van der Waals surface area contributed by atoms with E-state index >= 15 is 0 Å². The maximum absolute atomic E-state index is 5.44. The minimum Gasteiger partial charge on any atom is -0.380 e. The lowest BCUT2D eigenvalue weighted by molar-refractivity contribution is 0.0661. The molecule has 1 saturated heterocycles. The van der Waals surface area contributed by atoms with E-state index in [1.165, 1.54) is 44.6 Å². The van der Waals surface area contributed by atoms with Crippen molar-refractivity contribution in [2.24, 2.45) is 0 Å². The second-order valence-corrected chi connectivity index (χ2v) is 5.95. The zero-order chi connectivity index (χ0) is 14.9. The fraction of sp³-hybridized carbons (Fsp3) is 0.667. The van der Waals surface area contributed by atoms with Crippen LogP contribution in [0.2, 0.25) is 0 Å². The van der Waals surface area contributed by atoms with E-state index in [2.05, 4.69) is 54.0 Å². The Bertz CT molecular complexity index is 374. The number of hydrogen-bond acceptors (Lipinski definition) is 3. The average molecular weight is 290 g/mol. The summed E-state index contributed by atoms with van der Waals surface area (Å²) in [5.74, 6) is 0. The molecule has 0 radical (unpaired) electrons. The fourth-order valence-corrected chi connectivity index (χ4v) is 2.97. The van der Waals surface area contributed by atoms with Gasteiger partial charge in [0.15, 0.2) is 0 Å². The molecule has 2 rings (SSSR count). The van der Waals surface area contributed by atoms with Crippen LogP contribution < -0.4 is 0 Å². The third-order valence-electron chi connectivity index (χ3n) is 4.48. The Morgan fingerprint density at radius 3 is 2.48 bits per heavy atom. The Hall–Kier alpha value is -0.900. The van der Waals surface area contributed by atoms with Crippen LogP contribution >= 0.6 is 0 Å². The van der Waals surface area contributed by atoms with E-state index in [4.69, 9.17) is 4.74 Å². The van der Waals surface area contributed by atoms with Crippen LogP contribution in [0.5, 0.6) is 0 Å². The molecule has 1 aromatic carbocycles. The Morgan fingerprint density at radius 2 is 1.81 bits per heavy atom. The molecule has 0 N–H and O–H groups in total. The largest absolute Gasteiger partial charge is 0.380 e. The highest BCUT2D eigenvalue weighted by Crippen LogP contribution is 2.12. The topological polar surface area (TPSA) is 15.7 Å². The summed E-state index contributed by atoms with van der Waals surface area (Å²) in [7, 11) is 0. The Morgan fingerprint density at radius 1 is 1.10 bits per heavy atom. The lowest BCUT2D eigenvalue weighted by Crippen LogP contribution is -2.50. The second-order valence-electron chi connectivity index (χ2n) is 5.95. The van der Waals surface area contributed by atoms with E-state index in [-0.39, 0.29) is 0 Å². The molecule has 3 nitrogen and oxygen atoms in total. The van der Waals surface area contributed by atoms with Gasteiger partial charge in [-0.1, -0.05) is 30.3 Å². The van der Waals surface area contributed by atoms with Gasteiger partial charge < -0.3 is 4.74 Å². The molecule has 1 atom stereocenters. The highest BCUT2D eigenvalue weighted by Gasteiger charge is 2.20. The van der Waals surface area contributed by atoms with Crippen LogP contribution in [-0.2, 0) is 11.2 Å². The van der Waals surface area contributed by atoms with Crippen LogP contribution in [0.1, 0.15) is 25.8 Å². The molecular weight excluding hydrogens is 260 g/mol. The summed E-state index contributed by atoms with van der Waals surface area (Å²) in [6.07, 6.45) is 2.44. The highest BCUT2D eigenvalue weighted by atomic mass is 16.5. The summed E-state index contributed by atoms with van der Waals surface area (Å²) >= 11 is 0. The monoisotopic (exact) mass is 290 g/mol. The fourth-order valence-electron chi connectivity index (χ4n) is 2.97. The molecule has 3 heteroatoms.